The molecule has 1 rings (SSSR count). The number of thiophene rings is 1. The van der Waals surface area contributed by atoms with E-state index < -0.39 is 6.04 Å². The average Bonchev–Trinajstić information content (AvgIpc) is 2.51. The van der Waals surface area contributed by atoms with Crippen LogP contribution < -0.4 is 11.1 Å². The Balaban J connectivity index is 0.00000196. The molecule has 0 aliphatic heterocycles. The normalized spacial score (nSPS) is 11.7. The van der Waals surface area contributed by atoms with E-state index in [0.717, 1.165) is 10.2 Å². The quantitative estimate of drug-likeness (QED) is 0.892. The highest BCUT2D eigenvalue weighted by atomic mass is 79.9. The van der Waals surface area contributed by atoms with E-state index in [-0.39, 0.29) is 18.3 Å². The third kappa shape index (κ3) is 5.51. The molecule has 0 bridgehead atoms. The highest BCUT2D eigenvalue weighted by Crippen LogP contribution is 2.21. The number of amides is 1. The zero-order chi connectivity index (χ0) is 10.6. The van der Waals surface area contributed by atoms with E-state index in [9.17, 15) is 4.79 Å². The molecule has 1 atom stereocenters. The van der Waals surface area contributed by atoms with Gasteiger partial charge in [-0.1, -0.05) is 0 Å². The van der Waals surface area contributed by atoms with Gasteiger partial charge in [0.15, 0.2) is 0 Å². The van der Waals surface area contributed by atoms with Gasteiger partial charge in [0.1, 0.15) is 0 Å². The molecule has 15 heavy (non-hydrogen) atoms. The summed E-state index contributed by atoms with van der Waals surface area (Å²) >= 11 is 5.07. The third-order valence-electron chi connectivity index (χ3n) is 1.71. The summed E-state index contributed by atoms with van der Waals surface area (Å²) in [5.41, 5.74) is 5.40. The largest absolute Gasteiger partial charge is 0.354 e. The van der Waals surface area contributed by atoms with E-state index in [1.54, 1.807) is 18.3 Å². The Morgan fingerprint density at radius 3 is 2.80 bits per heavy atom. The van der Waals surface area contributed by atoms with Gasteiger partial charge in [0, 0.05) is 11.4 Å². The molecule has 1 amide bonds. The number of hydrogen-bond acceptors (Lipinski definition) is 3. The summed E-state index contributed by atoms with van der Waals surface area (Å²) in [7, 11) is 0. The number of rotatable bonds is 4. The molecule has 3 nitrogen and oxygen atoms in total. The molecule has 86 valence electrons. The monoisotopic (exact) mass is 312 g/mol. The molecular weight excluding hydrogens is 300 g/mol. The summed E-state index contributed by atoms with van der Waals surface area (Å²) in [6.07, 6.45) is 0.856. The summed E-state index contributed by atoms with van der Waals surface area (Å²) in [6.45, 7) is 2.32. The lowest BCUT2D eigenvalue weighted by Crippen LogP contribution is -2.39. The standard InChI is InChI=1S/C9H13BrN2OS.ClH/c1-6(11)9(13)12-5-4-7-2-3-8(10)14-7;/h2-3,6H,4-5,11H2,1H3,(H,12,13);1H/t6-;/m0./s1. The Hall–Kier alpha value is -0.100. The highest BCUT2D eigenvalue weighted by Gasteiger charge is 2.05. The zero-order valence-electron chi connectivity index (χ0n) is 8.33. The molecule has 0 saturated heterocycles. The predicted molar refractivity (Wildman–Crippen MR) is 69.6 cm³/mol. The van der Waals surface area contributed by atoms with Gasteiger partial charge in [-0.2, -0.15) is 0 Å². The Bertz CT molecular complexity index is 317. The molecule has 0 spiro atoms. The van der Waals surface area contributed by atoms with E-state index >= 15 is 0 Å². The van der Waals surface area contributed by atoms with Crippen molar-refractivity contribution in [2.45, 2.75) is 19.4 Å². The topological polar surface area (TPSA) is 55.1 Å². The van der Waals surface area contributed by atoms with Gasteiger partial charge in [-0.05, 0) is 41.4 Å². The van der Waals surface area contributed by atoms with Gasteiger partial charge in [0.05, 0.1) is 9.83 Å². The van der Waals surface area contributed by atoms with Gasteiger partial charge in [-0.25, -0.2) is 0 Å². The van der Waals surface area contributed by atoms with E-state index in [1.165, 1.54) is 4.88 Å². The summed E-state index contributed by atoms with van der Waals surface area (Å²) in [5.74, 6) is -0.0966. The number of nitrogens with one attached hydrogen (secondary N) is 1. The summed E-state index contributed by atoms with van der Waals surface area (Å²) < 4.78 is 1.12. The van der Waals surface area contributed by atoms with Crippen molar-refractivity contribution in [2.75, 3.05) is 6.54 Å². The summed E-state index contributed by atoms with van der Waals surface area (Å²) in [6, 6.07) is 3.63. The van der Waals surface area contributed by atoms with Crippen LogP contribution in [0.15, 0.2) is 15.9 Å². The molecule has 6 heteroatoms. The van der Waals surface area contributed by atoms with Crippen LogP contribution in [-0.4, -0.2) is 18.5 Å². The maximum atomic E-state index is 11.1. The smallest absolute Gasteiger partial charge is 0.236 e. The van der Waals surface area contributed by atoms with Crippen LogP contribution in [0.2, 0.25) is 0 Å². The second-order valence-electron chi connectivity index (χ2n) is 3.04. The number of halogens is 2. The van der Waals surface area contributed by atoms with E-state index in [2.05, 4.69) is 21.2 Å². The molecule has 0 aliphatic rings. The highest BCUT2D eigenvalue weighted by molar-refractivity contribution is 9.11. The SMILES string of the molecule is C[C@H](N)C(=O)NCCc1ccc(Br)s1.Cl. The minimum Gasteiger partial charge on any atom is -0.354 e. The van der Waals surface area contributed by atoms with E-state index in [4.69, 9.17) is 5.73 Å². The first-order valence-electron chi connectivity index (χ1n) is 4.37. The molecule has 3 N–H and O–H groups in total. The number of hydrogen-bond donors (Lipinski definition) is 2. The van der Waals surface area contributed by atoms with Gasteiger partial charge in [-0.3, -0.25) is 4.79 Å². The van der Waals surface area contributed by atoms with Crippen LogP contribution in [0, 0.1) is 0 Å². The van der Waals surface area contributed by atoms with Crippen LogP contribution in [0.5, 0.6) is 0 Å². The minimum absolute atomic E-state index is 0. The van der Waals surface area contributed by atoms with Crippen molar-refractivity contribution < 1.29 is 4.79 Å². The maximum absolute atomic E-state index is 11.1. The van der Waals surface area contributed by atoms with E-state index in [1.807, 2.05) is 12.1 Å². The van der Waals surface area contributed by atoms with Crippen molar-refractivity contribution in [3.63, 3.8) is 0 Å². The fourth-order valence-corrected chi connectivity index (χ4v) is 2.44. The van der Waals surface area contributed by atoms with Crippen molar-refractivity contribution >= 4 is 45.6 Å². The second-order valence-corrected chi connectivity index (χ2v) is 5.58. The lowest BCUT2D eigenvalue weighted by Gasteiger charge is -2.06. The molecule has 0 saturated carbocycles. The number of carbonyl (C=O) groups is 1. The summed E-state index contributed by atoms with van der Waals surface area (Å²) in [5, 5.41) is 2.77. The van der Waals surface area contributed by atoms with Crippen molar-refractivity contribution in [3.05, 3.63) is 20.8 Å². The molecule has 0 aromatic carbocycles. The molecule has 1 aromatic heterocycles. The average molecular weight is 314 g/mol. The fraction of sp³-hybridized carbons (Fsp3) is 0.444. The molecule has 0 aliphatic carbocycles. The first kappa shape index (κ1) is 14.9. The minimum atomic E-state index is -0.426. The van der Waals surface area contributed by atoms with Gasteiger partial charge >= 0.3 is 0 Å². The second kappa shape index (κ2) is 7.22. The van der Waals surface area contributed by atoms with Gasteiger partial charge < -0.3 is 11.1 Å². The Kier molecular flexibility index (Phi) is 7.17. The van der Waals surface area contributed by atoms with Crippen LogP contribution in [0.25, 0.3) is 0 Å². The molecule has 0 unspecified atom stereocenters. The molecule has 1 aromatic rings. The maximum Gasteiger partial charge on any atom is 0.236 e. The van der Waals surface area contributed by atoms with Crippen molar-refractivity contribution in [3.8, 4) is 0 Å². The van der Waals surface area contributed by atoms with Crippen molar-refractivity contribution in [2.24, 2.45) is 5.73 Å². The van der Waals surface area contributed by atoms with Crippen LogP contribution in [0.4, 0.5) is 0 Å². The first-order chi connectivity index (χ1) is 6.59. The molecule has 0 radical (unpaired) electrons. The van der Waals surface area contributed by atoms with Crippen LogP contribution in [-0.2, 0) is 11.2 Å². The van der Waals surface area contributed by atoms with Gasteiger partial charge in [-0.15, -0.1) is 23.7 Å². The van der Waals surface area contributed by atoms with Crippen LogP contribution in [0.1, 0.15) is 11.8 Å². The molecule has 1 heterocycles. The predicted octanol–water partition coefficient (Wildman–Crippen LogP) is 1.94. The van der Waals surface area contributed by atoms with Crippen molar-refractivity contribution in [1.82, 2.24) is 5.32 Å². The summed E-state index contributed by atoms with van der Waals surface area (Å²) in [4.78, 5) is 12.3. The van der Waals surface area contributed by atoms with E-state index in [0.29, 0.717) is 6.54 Å². The lowest BCUT2D eigenvalue weighted by molar-refractivity contribution is -0.121. The van der Waals surface area contributed by atoms with Crippen molar-refractivity contribution in [1.29, 1.82) is 0 Å². The number of nitrogens with two attached hydrogens (primary N) is 1. The molecular formula is C9H14BrClN2OS. The Morgan fingerprint density at radius 2 is 2.33 bits per heavy atom. The lowest BCUT2D eigenvalue weighted by atomic mass is 10.3. The van der Waals surface area contributed by atoms with Crippen LogP contribution in [0.3, 0.4) is 0 Å². The Labute approximate surface area is 108 Å². The first-order valence-corrected chi connectivity index (χ1v) is 5.98. The zero-order valence-corrected chi connectivity index (χ0v) is 11.5. The fourth-order valence-electron chi connectivity index (χ4n) is 0.956. The van der Waals surface area contributed by atoms with Gasteiger partial charge in [0.25, 0.3) is 0 Å². The Morgan fingerprint density at radius 1 is 1.67 bits per heavy atom. The number of carbonyl (C=O) groups excluding carboxylic acids is 1. The third-order valence-corrected chi connectivity index (χ3v) is 3.40. The van der Waals surface area contributed by atoms with Crippen LogP contribution >= 0.6 is 39.7 Å². The molecule has 0 fully saturated rings. The van der Waals surface area contributed by atoms with Gasteiger partial charge in [0.2, 0.25) is 5.91 Å².